The van der Waals surface area contributed by atoms with Crippen LogP contribution in [0.3, 0.4) is 0 Å². The molecule has 0 aliphatic heterocycles. The first-order valence-electron chi connectivity index (χ1n) is 6.70. The maximum absolute atomic E-state index is 12.3. The maximum atomic E-state index is 12.3. The average molecular weight is 265 g/mol. The summed E-state index contributed by atoms with van der Waals surface area (Å²) in [4.78, 5) is 16.3. The van der Waals surface area contributed by atoms with Crippen molar-refractivity contribution in [3.05, 3.63) is 24.0 Å². The molecule has 5 nitrogen and oxygen atoms in total. The molecule has 1 unspecified atom stereocenters. The Labute approximate surface area is 114 Å². The van der Waals surface area contributed by atoms with Crippen molar-refractivity contribution in [1.82, 2.24) is 10.3 Å². The average Bonchev–Trinajstić information content (AvgIpc) is 2.40. The van der Waals surface area contributed by atoms with Gasteiger partial charge in [0.15, 0.2) is 0 Å². The van der Waals surface area contributed by atoms with Crippen LogP contribution in [-0.2, 0) is 4.74 Å². The van der Waals surface area contributed by atoms with Crippen LogP contribution < -0.4 is 10.6 Å². The monoisotopic (exact) mass is 265 g/mol. The molecule has 0 aliphatic carbocycles. The van der Waals surface area contributed by atoms with Gasteiger partial charge in [-0.3, -0.25) is 9.78 Å². The second-order valence-corrected chi connectivity index (χ2v) is 4.37. The number of rotatable bonds is 8. The van der Waals surface area contributed by atoms with E-state index in [9.17, 15) is 4.79 Å². The Balaban J connectivity index is 2.75. The molecular formula is C14H23N3O2. The summed E-state index contributed by atoms with van der Waals surface area (Å²) in [5, 5.41) is 6.15. The van der Waals surface area contributed by atoms with Crippen molar-refractivity contribution < 1.29 is 9.53 Å². The number of methoxy groups -OCH3 is 1. The molecule has 0 fully saturated rings. The van der Waals surface area contributed by atoms with E-state index in [2.05, 4.69) is 22.5 Å². The molecule has 0 saturated heterocycles. The van der Waals surface area contributed by atoms with E-state index in [0.29, 0.717) is 12.2 Å². The van der Waals surface area contributed by atoms with Crippen LogP contribution >= 0.6 is 0 Å². The topological polar surface area (TPSA) is 63.2 Å². The molecule has 1 aromatic rings. The minimum Gasteiger partial charge on any atom is -0.385 e. The van der Waals surface area contributed by atoms with Gasteiger partial charge in [0.2, 0.25) is 0 Å². The van der Waals surface area contributed by atoms with Gasteiger partial charge in [0.1, 0.15) is 0 Å². The van der Waals surface area contributed by atoms with E-state index < -0.39 is 0 Å². The van der Waals surface area contributed by atoms with Crippen LogP contribution in [0.4, 0.5) is 5.69 Å². The number of nitrogens with one attached hydrogen (secondary N) is 2. The Morgan fingerprint density at radius 2 is 2.26 bits per heavy atom. The van der Waals surface area contributed by atoms with Crippen LogP contribution in [-0.4, -0.2) is 37.2 Å². The summed E-state index contributed by atoms with van der Waals surface area (Å²) in [6.45, 7) is 5.37. The number of anilines is 1. The molecule has 0 bridgehead atoms. The number of carbonyl (C=O) groups is 1. The number of aromatic nitrogens is 1. The Kier molecular flexibility index (Phi) is 6.89. The fraction of sp³-hybridized carbons (Fsp3) is 0.571. The third-order valence-corrected chi connectivity index (χ3v) is 2.77. The number of nitrogens with zero attached hydrogens (tertiary/aromatic N) is 1. The van der Waals surface area contributed by atoms with Gasteiger partial charge in [0, 0.05) is 26.0 Å². The fourth-order valence-corrected chi connectivity index (χ4v) is 1.93. The van der Waals surface area contributed by atoms with Gasteiger partial charge in [-0.15, -0.1) is 0 Å². The van der Waals surface area contributed by atoms with Crippen molar-refractivity contribution in [2.24, 2.45) is 0 Å². The molecule has 0 spiro atoms. The van der Waals surface area contributed by atoms with Crippen LogP contribution in [0, 0.1) is 0 Å². The van der Waals surface area contributed by atoms with E-state index in [1.54, 1.807) is 19.5 Å². The van der Waals surface area contributed by atoms with Gasteiger partial charge in [-0.1, -0.05) is 13.3 Å². The van der Waals surface area contributed by atoms with Crippen molar-refractivity contribution in [2.75, 3.05) is 25.6 Å². The van der Waals surface area contributed by atoms with E-state index in [1.165, 1.54) is 0 Å². The minimum atomic E-state index is -0.112. The van der Waals surface area contributed by atoms with Crippen LogP contribution in [0.25, 0.3) is 0 Å². The van der Waals surface area contributed by atoms with Gasteiger partial charge < -0.3 is 15.4 Å². The lowest BCUT2D eigenvalue weighted by Crippen LogP contribution is -2.38. The molecule has 1 amide bonds. The molecular weight excluding hydrogens is 242 g/mol. The zero-order valence-corrected chi connectivity index (χ0v) is 11.9. The number of hydrogen-bond acceptors (Lipinski definition) is 4. The lowest BCUT2D eigenvalue weighted by atomic mass is 10.1. The molecule has 0 aromatic carbocycles. The summed E-state index contributed by atoms with van der Waals surface area (Å²) in [6, 6.07) is 1.85. The predicted molar refractivity (Wildman–Crippen MR) is 76.4 cm³/mol. The Hall–Kier alpha value is -1.62. The van der Waals surface area contributed by atoms with Crippen LogP contribution in [0.15, 0.2) is 18.5 Å². The van der Waals surface area contributed by atoms with E-state index in [-0.39, 0.29) is 11.9 Å². The van der Waals surface area contributed by atoms with Gasteiger partial charge in [-0.05, 0) is 19.4 Å². The Bertz CT molecular complexity index is 390. The summed E-state index contributed by atoms with van der Waals surface area (Å²) in [5.41, 5.74) is 1.38. The van der Waals surface area contributed by atoms with E-state index >= 15 is 0 Å². The van der Waals surface area contributed by atoms with Crippen molar-refractivity contribution in [1.29, 1.82) is 0 Å². The SMILES string of the molecule is CCCC(COC)NC(=O)c1cnccc1NCC. The molecule has 0 radical (unpaired) electrons. The third-order valence-electron chi connectivity index (χ3n) is 2.77. The van der Waals surface area contributed by atoms with E-state index in [4.69, 9.17) is 4.74 Å². The number of pyridine rings is 1. The fourth-order valence-electron chi connectivity index (χ4n) is 1.93. The largest absolute Gasteiger partial charge is 0.385 e. The van der Waals surface area contributed by atoms with Gasteiger partial charge in [-0.2, -0.15) is 0 Å². The molecule has 1 atom stereocenters. The zero-order chi connectivity index (χ0) is 14.1. The van der Waals surface area contributed by atoms with Gasteiger partial charge in [0.25, 0.3) is 5.91 Å². The van der Waals surface area contributed by atoms with Crippen LogP contribution in [0.5, 0.6) is 0 Å². The zero-order valence-electron chi connectivity index (χ0n) is 11.9. The third kappa shape index (κ3) is 4.87. The highest BCUT2D eigenvalue weighted by Gasteiger charge is 2.15. The molecule has 19 heavy (non-hydrogen) atoms. The first-order chi connectivity index (χ1) is 9.22. The summed E-state index contributed by atoms with van der Waals surface area (Å²) in [6.07, 6.45) is 5.16. The molecule has 1 aromatic heterocycles. The molecule has 5 heteroatoms. The second-order valence-electron chi connectivity index (χ2n) is 4.37. The standard InChI is InChI=1S/C14H23N3O2/c1-4-6-11(10-19-3)17-14(18)12-9-15-8-7-13(12)16-5-2/h7-9,11H,4-6,10H2,1-3H3,(H,15,16)(H,17,18). The number of carbonyl (C=O) groups excluding carboxylic acids is 1. The Morgan fingerprint density at radius 3 is 2.89 bits per heavy atom. The highest BCUT2D eigenvalue weighted by Crippen LogP contribution is 2.13. The van der Waals surface area contributed by atoms with Crippen molar-refractivity contribution in [2.45, 2.75) is 32.7 Å². The minimum absolute atomic E-state index is 0.0391. The van der Waals surface area contributed by atoms with E-state index in [0.717, 1.165) is 25.1 Å². The second kappa shape index (κ2) is 8.48. The smallest absolute Gasteiger partial charge is 0.255 e. The van der Waals surface area contributed by atoms with Crippen LogP contribution in [0.2, 0.25) is 0 Å². The van der Waals surface area contributed by atoms with Gasteiger partial charge in [0.05, 0.1) is 23.9 Å². The predicted octanol–water partition coefficient (Wildman–Crippen LogP) is 2.06. The molecule has 2 N–H and O–H groups in total. The first kappa shape index (κ1) is 15.4. The highest BCUT2D eigenvalue weighted by molar-refractivity contribution is 5.99. The lowest BCUT2D eigenvalue weighted by Gasteiger charge is -2.18. The summed E-state index contributed by atoms with van der Waals surface area (Å²) in [7, 11) is 1.64. The summed E-state index contributed by atoms with van der Waals surface area (Å²) >= 11 is 0. The van der Waals surface area contributed by atoms with Crippen molar-refractivity contribution >= 4 is 11.6 Å². The maximum Gasteiger partial charge on any atom is 0.255 e. The van der Waals surface area contributed by atoms with Crippen molar-refractivity contribution in [3.63, 3.8) is 0 Å². The lowest BCUT2D eigenvalue weighted by molar-refractivity contribution is 0.0892. The number of amides is 1. The highest BCUT2D eigenvalue weighted by atomic mass is 16.5. The van der Waals surface area contributed by atoms with Crippen molar-refractivity contribution in [3.8, 4) is 0 Å². The number of ether oxygens (including phenoxy) is 1. The summed E-state index contributed by atoms with van der Waals surface area (Å²) in [5.74, 6) is -0.112. The van der Waals surface area contributed by atoms with E-state index in [1.807, 2.05) is 13.0 Å². The quantitative estimate of drug-likeness (QED) is 0.755. The molecule has 0 aliphatic rings. The molecule has 1 rings (SSSR count). The normalized spacial score (nSPS) is 11.9. The molecule has 0 saturated carbocycles. The Morgan fingerprint density at radius 1 is 1.47 bits per heavy atom. The van der Waals surface area contributed by atoms with Gasteiger partial charge in [-0.25, -0.2) is 0 Å². The van der Waals surface area contributed by atoms with Crippen LogP contribution in [0.1, 0.15) is 37.0 Å². The van der Waals surface area contributed by atoms with Gasteiger partial charge >= 0.3 is 0 Å². The summed E-state index contributed by atoms with van der Waals surface area (Å²) < 4.78 is 5.13. The number of hydrogen-bond donors (Lipinski definition) is 2. The first-order valence-corrected chi connectivity index (χ1v) is 6.70. The molecule has 106 valence electrons. The molecule has 1 heterocycles.